The molecule has 0 spiro atoms. The lowest BCUT2D eigenvalue weighted by Gasteiger charge is -2.23. The van der Waals surface area contributed by atoms with Gasteiger partial charge in [0, 0.05) is 47.0 Å². The van der Waals surface area contributed by atoms with Crippen LogP contribution in [0.4, 0.5) is 10.5 Å². The molecular weight excluding hydrogens is 502 g/mol. The summed E-state index contributed by atoms with van der Waals surface area (Å²) in [6.45, 7) is 6.26. The molecule has 0 radical (unpaired) electrons. The molecule has 5 rings (SSSR count). The van der Waals surface area contributed by atoms with E-state index in [-0.39, 0.29) is 18.5 Å². The Kier molecular flexibility index (Phi) is 8.64. The van der Waals surface area contributed by atoms with Gasteiger partial charge in [0.05, 0.1) is 12.3 Å². The highest BCUT2D eigenvalue weighted by molar-refractivity contribution is 6.10. The fourth-order valence-corrected chi connectivity index (χ4v) is 5.36. The zero-order chi connectivity index (χ0) is 27.9. The van der Waals surface area contributed by atoms with Gasteiger partial charge >= 0.3 is 6.03 Å². The number of nitrogens with one attached hydrogen (secondary N) is 2. The Morgan fingerprint density at radius 2 is 1.73 bits per heavy atom. The molecule has 1 aliphatic heterocycles. The Balaban J connectivity index is 1.33. The standard InChI is InChI=1S/C32H37N5O3/c1-3-5-11-18-33-32(39)37-21-25(35-40-22-23-12-7-6-8-13-23)20-30(37)31(38)34-24-16-17-29-27(19-24)26-14-9-10-15-28(26)36(29)4-2/h6-10,12-17,19,30H,3-5,11,18,20-22H2,1-2H3,(H,33,39)(H,34,38)/t30-/m0/s1. The number of amides is 3. The van der Waals surface area contributed by atoms with Gasteiger partial charge in [0.1, 0.15) is 12.6 Å². The minimum atomic E-state index is -0.682. The number of oxime groups is 1. The number of unbranched alkanes of at least 4 members (excludes halogenated alkanes) is 2. The number of nitrogens with zero attached hydrogens (tertiary/aromatic N) is 3. The molecule has 1 aliphatic rings. The van der Waals surface area contributed by atoms with E-state index >= 15 is 0 Å². The smallest absolute Gasteiger partial charge is 0.318 e. The normalized spacial score (nSPS) is 16.1. The van der Waals surface area contributed by atoms with E-state index in [1.165, 1.54) is 5.52 Å². The fraction of sp³-hybridized carbons (Fsp3) is 0.344. The Morgan fingerprint density at radius 1 is 0.950 bits per heavy atom. The number of aryl methyl sites for hydroxylation is 1. The summed E-state index contributed by atoms with van der Waals surface area (Å²) in [5.74, 6) is -0.240. The molecule has 208 valence electrons. The Bertz CT molecular complexity index is 1510. The molecule has 0 aliphatic carbocycles. The maximum atomic E-state index is 13.6. The number of para-hydroxylation sites is 1. The predicted molar refractivity (Wildman–Crippen MR) is 160 cm³/mol. The predicted octanol–water partition coefficient (Wildman–Crippen LogP) is 6.30. The highest BCUT2D eigenvalue weighted by atomic mass is 16.6. The van der Waals surface area contributed by atoms with E-state index in [0.29, 0.717) is 31.0 Å². The van der Waals surface area contributed by atoms with Crippen molar-refractivity contribution in [3.8, 4) is 0 Å². The van der Waals surface area contributed by atoms with Crippen LogP contribution in [0, 0.1) is 0 Å². The van der Waals surface area contributed by atoms with Crippen molar-refractivity contribution in [2.45, 2.75) is 58.7 Å². The summed E-state index contributed by atoms with van der Waals surface area (Å²) in [6, 6.07) is 23.1. The minimum Gasteiger partial charge on any atom is -0.391 e. The summed E-state index contributed by atoms with van der Waals surface area (Å²) in [4.78, 5) is 33.8. The molecule has 4 aromatic rings. The van der Waals surface area contributed by atoms with Crippen LogP contribution in [0.15, 0.2) is 78.0 Å². The second-order valence-electron chi connectivity index (χ2n) is 10.2. The maximum absolute atomic E-state index is 13.6. The first kappa shape index (κ1) is 27.2. The second kappa shape index (κ2) is 12.7. The maximum Gasteiger partial charge on any atom is 0.318 e. The van der Waals surface area contributed by atoms with Crippen LogP contribution < -0.4 is 10.6 Å². The molecule has 0 saturated carbocycles. The fourth-order valence-electron chi connectivity index (χ4n) is 5.36. The molecule has 0 bridgehead atoms. The summed E-state index contributed by atoms with van der Waals surface area (Å²) in [5.41, 5.74) is 4.67. The quantitative estimate of drug-likeness (QED) is 0.183. The van der Waals surface area contributed by atoms with Crippen molar-refractivity contribution in [1.82, 2.24) is 14.8 Å². The van der Waals surface area contributed by atoms with Crippen LogP contribution in [-0.4, -0.2) is 46.2 Å². The number of carbonyl (C=O) groups excluding carboxylic acids is 2. The Labute approximate surface area is 235 Å². The number of rotatable bonds is 10. The highest BCUT2D eigenvalue weighted by Crippen LogP contribution is 2.31. The number of fused-ring (bicyclic) bond motifs is 3. The lowest BCUT2D eigenvalue weighted by atomic mass is 10.1. The van der Waals surface area contributed by atoms with Crippen LogP contribution in [0.2, 0.25) is 0 Å². The van der Waals surface area contributed by atoms with Crippen LogP contribution >= 0.6 is 0 Å². The Hall–Kier alpha value is -4.33. The summed E-state index contributed by atoms with van der Waals surface area (Å²) in [7, 11) is 0. The van der Waals surface area contributed by atoms with Crippen LogP contribution in [0.25, 0.3) is 21.8 Å². The van der Waals surface area contributed by atoms with Gasteiger partial charge in [-0.2, -0.15) is 0 Å². The van der Waals surface area contributed by atoms with Crippen molar-refractivity contribution >= 4 is 45.1 Å². The van der Waals surface area contributed by atoms with Gasteiger partial charge in [0.2, 0.25) is 5.91 Å². The van der Waals surface area contributed by atoms with Gasteiger partial charge in [0.15, 0.2) is 0 Å². The van der Waals surface area contributed by atoms with Crippen molar-refractivity contribution in [2.24, 2.45) is 5.16 Å². The van der Waals surface area contributed by atoms with E-state index in [0.717, 1.165) is 47.7 Å². The lowest BCUT2D eigenvalue weighted by Crippen LogP contribution is -2.48. The van der Waals surface area contributed by atoms with E-state index in [2.05, 4.69) is 46.3 Å². The number of carbonyl (C=O) groups is 2. The third-order valence-corrected chi connectivity index (χ3v) is 7.40. The van der Waals surface area contributed by atoms with E-state index in [4.69, 9.17) is 4.84 Å². The molecule has 40 heavy (non-hydrogen) atoms. The van der Waals surface area contributed by atoms with Gasteiger partial charge in [-0.15, -0.1) is 0 Å². The average molecular weight is 540 g/mol. The largest absolute Gasteiger partial charge is 0.391 e. The number of likely N-dealkylation sites (tertiary alicyclic amines) is 1. The van der Waals surface area contributed by atoms with Crippen molar-refractivity contribution < 1.29 is 14.4 Å². The molecule has 2 heterocycles. The SMILES string of the molecule is CCCCCNC(=O)N1CC(=NOCc2ccccc2)C[C@H]1C(=O)Nc1ccc2c(c1)c1ccccc1n2CC. The topological polar surface area (TPSA) is 88.0 Å². The monoisotopic (exact) mass is 539 g/mol. The molecule has 8 nitrogen and oxygen atoms in total. The first-order valence-corrected chi connectivity index (χ1v) is 14.2. The van der Waals surface area contributed by atoms with Crippen molar-refractivity contribution in [2.75, 3.05) is 18.4 Å². The molecule has 1 atom stereocenters. The molecule has 1 aromatic heterocycles. The Morgan fingerprint density at radius 3 is 2.52 bits per heavy atom. The van der Waals surface area contributed by atoms with Crippen molar-refractivity contribution in [1.29, 1.82) is 0 Å². The first-order chi connectivity index (χ1) is 19.6. The number of aromatic nitrogens is 1. The van der Waals surface area contributed by atoms with E-state index in [1.807, 2.05) is 60.7 Å². The molecule has 3 aromatic carbocycles. The lowest BCUT2D eigenvalue weighted by molar-refractivity contribution is -0.119. The highest BCUT2D eigenvalue weighted by Gasteiger charge is 2.38. The molecular formula is C32H37N5O3. The van der Waals surface area contributed by atoms with E-state index < -0.39 is 6.04 Å². The number of anilines is 1. The molecule has 2 N–H and O–H groups in total. The van der Waals surface area contributed by atoms with Gasteiger partial charge in [0.25, 0.3) is 0 Å². The van der Waals surface area contributed by atoms with Crippen LogP contribution in [0.3, 0.4) is 0 Å². The van der Waals surface area contributed by atoms with E-state index in [9.17, 15) is 9.59 Å². The molecule has 8 heteroatoms. The summed E-state index contributed by atoms with van der Waals surface area (Å²) in [6.07, 6.45) is 3.34. The van der Waals surface area contributed by atoms with Crippen LogP contribution in [-0.2, 0) is 22.8 Å². The number of hydrogen-bond donors (Lipinski definition) is 2. The summed E-state index contributed by atoms with van der Waals surface area (Å²) >= 11 is 0. The molecule has 0 unspecified atom stereocenters. The third-order valence-electron chi connectivity index (χ3n) is 7.40. The molecule has 1 fully saturated rings. The average Bonchev–Trinajstić information content (AvgIpc) is 3.55. The van der Waals surface area contributed by atoms with Crippen LogP contribution in [0.5, 0.6) is 0 Å². The zero-order valence-electron chi connectivity index (χ0n) is 23.2. The van der Waals surface area contributed by atoms with Gasteiger partial charge < -0.3 is 24.9 Å². The van der Waals surface area contributed by atoms with Crippen molar-refractivity contribution in [3.05, 3.63) is 78.4 Å². The van der Waals surface area contributed by atoms with Gasteiger partial charge in [-0.1, -0.05) is 73.5 Å². The summed E-state index contributed by atoms with van der Waals surface area (Å²) in [5, 5.41) is 12.6. The number of benzene rings is 3. The van der Waals surface area contributed by atoms with Crippen LogP contribution in [0.1, 0.15) is 45.1 Å². The second-order valence-corrected chi connectivity index (χ2v) is 10.2. The number of hydrogen-bond acceptors (Lipinski definition) is 4. The molecule has 1 saturated heterocycles. The summed E-state index contributed by atoms with van der Waals surface area (Å²) < 4.78 is 2.27. The molecule has 3 amide bonds. The first-order valence-electron chi connectivity index (χ1n) is 14.2. The van der Waals surface area contributed by atoms with Gasteiger partial charge in [-0.25, -0.2) is 4.79 Å². The third kappa shape index (κ3) is 5.96. The van der Waals surface area contributed by atoms with E-state index in [1.54, 1.807) is 4.90 Å². The minimum absolute atomic E-state index is 0.240. The number of urea groups is 1. The van der Waals surface area contributed by atoms with Gasteiger partial charge in [-0.3, -0.25) is 4.79 Å². The zero-order valence-corrected chi connectivity index (χ0v) is 23.2. The van der Waals surface area contributed by atoms with Crippen molar-refractivity contribution in [3.63, 3.8) is 0 Å². The van der Waals surface area contributed by atoms with Gasteiger partial charge in [-0.05, 0) is 43.2 Å².